The zero-order chi connectivity index (χ0) is 22.0. The normalized spacial score (nSPS) is 10.8. The number of carbonyl (C=O) groups excluding carboxylic acids is 1. The van der Waals surface area contributed by atoms with Crippen LogP contribution in [0.1, 0.15) is 21.6 Å². The molecule has 0 saturated heterocycles. The van der Waals surface area contributed by atoms with Crippen LogP contribution in [0.3, 0.4) is 0 Å². The van der Waals surface area contributed by atoms with Gasteiger partial charge in [0, 0.05) is 33.9 Å². The summed E-state index contributed by atoms with van der Waals surface area (Å²) in [5, 5.41) is 13.2. The van der Waals surface area contributed by atoms with Gasteiger partial charge in [-0.1, -0.05) is 19.7 Å². The second kappa shape index (κ2) is 11.6. The van der Waals surface area contributed by atoms with Crippen LogP contribution in [0.5, 0.6) is 0 Å². The summed E-state index contributed by atoms with van der Waals surface area (Å²) in [5.74, 6) is -0.889. The second-order valence-corrected chi connectivity index (χ2v) is 6.07. The lowest BCUT2D eigenvalue weighted by atomic mass is 10.2. The average Bonchev–Trinajstić information content (AvgIpc) is 2.89. The lowest BCUT2D eigenvalue weighted by Crippen LogP contribution is -2.30. The maximum absolute atomic E-state index is 12.7. The molecule has 5 nitrogen and oxygen atoms in total. The number of allylic oxidation sites excluding steroid dienone is 1. The molecule has 0 aliphatic carbocycles. The van der Waals surface area contributed by atoms with E-state index >= 15 is 0 Å². The molecule has 2 aromatic rings. The SMILES string of the molecule is C=COCCn1c(C)c(C=O)/c(=C/C(=C)O)c1=C.CNCc1cc(F)ccc1F. The van der Waals surface area contributed by atoms with Crippen molar-refractivity contribution >= 4 is 18.9 Å². The largest absolute Gasteiger partial charge is 0.509 e. The summed E-state index contributed by atoms with van der Waals surface area (Å²) < 4.78 is 32.2. The first-order valence-electron chi connectivity index (χ1n) is 8.80. The van der Waals surface area contributed by atoms with Gasteiger partial charge in [-0.05, 0) is 38.2 Å². The molecule has 0 radical (unpaired) electrons. The van der Waals surface area contributed by atoms with Crippen molar-refractivity contribution < 1.29 is 23.4 Å². The number of ether oxygens (including phenoxy) is 1. The van der Waals surface area contributed by atoms with Gasteiger partial charge >= 0.3 is 0 Å². The highest BCUT2D eigenvalue weighted by Gasteiger charge is 2.09. The highest BCUT2D eigenvalue weighted by atomic mass is 19.1. The monoisotopic (exact) mass is 404 g/mol. The van der Waals surface area contributed by atoms with E-state index in [2.05, 4.69) is 25.1 Å². The summed E-state index contributed by atoms with van der Waals surface area (Å²) in [7, 11) is 1.68. The number of carbonyl (C=O) groups is 1. The molecule has 1 aromatic heterocycles. The van der Waals surface area contributed by atoms with Crippen LogP contribution in [0.2, 0.25) is 0 Å². The summed E-state index contributed by atoms with van der Waals surface area (Å²) in [4.78, 5) is 11.1. The standard InChI is InChI=1S/C14H17NO3.C8H9F2N/c1-5-18-7-6-15-11(3)13(8-10(2)17)14(9-16)12(15)4;1-11-5-6-4-7(9)2-3-8(6)10/h5,8-9,17H,1-3,6-7H2,4H3;2-4,11H,5H2,1H3/b13-8+;. The number of aliphatic hydroxyl groups excluding tert-OH is 1. The smallest absolute Gasteiger partial charge is 0.152 e. The van der Waals surface area contributed by atoms with Gasteiger partial charge in [-0.2, -0.15) is 0 Å². The average molecular weight is 404 g/mol. The van der Waals surface area contributed by atoms with Crippen molar-refractivity contribution in [3.63, 3.8) is 0 Å². The van der Waals surface area contributed by atoms with E-state index in [1.165, 1.54) is 18.4 Å². The Kier molecular flexibility index (Phi) is 9.55. The second-order valence-electron chi connectivity index (χ2n) is 6.07. The van der Waals surface area contributed by atoms with Crippen LogP contribution in [-0.2, 0) is 17.8 Å². The molecule has 156 valence electrons. The molecule has 29 heavy (non-hydrogen) atoms. The Bertz CT molecular complexity index is 981. The fraction of sp³-hybridized carbons (Fsp3) is 0.227. The summed E-state index contributed by atoms with van der Waals surface area (Å²) in [6.07, 6.45) is 3.55. The van der Waals surface area contributed by atoms with Gasteiger partial charge in [-0.25, -0.2) is 8.78 Å². The number of halogens is 2. The minimum atomic E-state index is -0.406. The molecule has 2 N–H and O–H groups in total. The Hall–Kier alpha value is -3.19. The number of aldehydes is 1. The van der Waals surface area contributed by atoms with Gasteiger partial charge in [-0.3, -0.25) is 4.79 Å². The molecule has 0 aliphatic heterocycles. The van der Waals surface area contributed by atoms with Crippen LogP contribution in [-0.4, -0.2) is 29.6 Å². The van der Waals surface area contributed by atoms with Gasteiger partial charge in [0.2, 0.25) is 0 Å². The van der Waals surface area contributed by atoms with E-state index in [1.54, 1.807) is 7.05 Å². The van der Waals surface area contributed by atoms with E-state index in [1.807, 2.05) is 11.5 Å². The maximum atomic E-state index is 12.7. The molecule has 0 amide bonds. The first-order valence-corrected chi connectivity index (χ1v) is 8.80. The fourth-order valence-corrected chi connectivity index (χ4v) is 2.72. The van der Waals surface area contributed by atoms with Crippen LogP contribution in [0, 0.1) is 18.6 Å². The van der Waals surface area contributed by atoms with E-state index in [4.69, 9.17) is 4.74 Å². The van der Waals surface area contributed by atoms with E-state index in [9.17, 15) is 18.7 Å². The highest BCUT2D eigenvalue weighted by Crippen LogP contribution is 2.08. The lowest BCUT2D eigenvalue weighted by molar-refractivity contribution is 0.112. The van der Waals surface area contributed by atoms with Crippen LogP contribution in [0.4, 0.5) is 8.78 Å². The Labute approximate surface area is 168 Å². The van der Waals surface area contributed by atoms with E-state index in [0.29, 0.717) is 41.4 Å². The molecule has 0 saturated carbocycles. The van der Waals surface area contributed by atoms with Gasteiger partial charge in [0.1, 0.15) is 24.0 Å². The molecule has 0 spiro atoms. The molecule has 0 fully saturated rings. The number of hydrogen-bond acceptors (Lipinski definition) is 4. The molecule has 0 aliphatic rings. The number of aliphatic hydroxyl groups is 1. The molecular formula is C22H26F2N2O3. The number of nitrogens with one attached hydrogen (secondary N) is 1. The van der Waals surface area contributed by atoms with Gasteiger partial charge in [-0.15, -0.1) is 0 Å². The van der Waals surface area contributed by atoms with Crippen molar-refractivity contribution in [1.29, 1.82) is 0 Å². The van der Waals surface area contributed by atoms with Gasteiger partial charge in [0.15, 0.2) is 6.29 Å². The zero-order valence-corrected chi connectivity index (χ0v) is 16.7. The first kappa shape index (κ1) is 23.8. The quantitative estimate of drug-likeness (QED) is 0.404. The minimum Gasteiger partial charge on any atom is -0.509 e. The Balaban J connectivity index is 0.000000326. The number of hydrogen-bond donors (Lipinski definition) is 2. The molecule has 0 bridgehead atoms. The molecule has 0 atom stereocenters. The molecular weight excluding hydrogens is 378 g/mol. The Morgan fingerprint density at radius 1 is 1.38 bits per heavy atom. The third-order valence-electron chi connectivity index (χ3n) is 4.08. The van der Waals surface area contributed by atoms with E-state index in [-0.39, 0.29) is 11.6 Å². The fourth-order valence-electron chi connectivity index (χ4n) is 2.72. The summed E-state index contributed by atoms with van der Waals surface area (Å²) in [6, 6.07) is 3.42. The zero-order valence-electron chi connectivity index (χ0n) is 16.7. The van der Waals surface area contributed by atoms with Crippen molar-refractivity contribution in [3.05, 3.63) is 82.4 Å². The van der Waals surface area contributed by atoms with Crippen molar-refractivity contribution in [2.45, 2.75) is 20.0 Å². The predicted molar refractivity (Wildman–Crippen MR) is 111 cm³/mol. The van der Waals surface area contributed by atoms with Gasteiger partial charge < -0.3 is 19.7 Å². The Morgan fingerprint density at radius 3 is 2.62 bits per heavy atom. The van der Waals surface area contributed by atoms with Crippen molar-refractivity contribution in [1.82, 2.24) is 9.88 Å². The lowest BCUT2D eigenvalue weighted by Gasteiger charge is -2.06. The van der Waals surface area contributed by atoms with Crippen molar-refractivity contribution in [2.24, 2.45) is 0 Å². The number of nitrogens with zero attached hydrogens (tertiary/aromatic N) is 1. The highest BCUT2D eigenvalue weighted by molar-refractivity contribution is 5.78. The molecule has 1 heterocycles. The molecule has 7 heteroatoms. The molecule has 0 unspecified atom stereocenters. The van der Waals surface area contributed by atoms with Gasteiger partial charge in [0.05, 0.1) is 12.8 Å². The topological polar surface area (TPSA) is 63.5 Å². The Morgan fingerprint density at radius 2 is 2.07 bits per heavy atom. The first-order chi connectivity index (χ1) is 13.8. The van der Waals surface area contributed by atoms with Crippen LogP contribution < -0.4 is 15.9 Å². The molecule has 2 rings (SSSR count). The summed E-state index contributed by atoms with van der Waals surface area (Å²) in [5.41, 5.74) is 1.65. The summed E-state index contributed by atoms with van der Waals surface area (Å²) in [6.45, 7) is 13.9. The van der Waals surface area contributed by atoms with Crippen molar-refractivity contribution in [2.75, 3.05) is 13.7 Å². The number of benzene rings is 1. The summed E-state index contributed by atoms with van der Waals surface area (Å²) >= 11 is 0. The van der Waals surface area contributed by atoms with Crippen LogP contribution >= 0.6 is 0 Å². The van der Waals surface area contributed by atoms with E-state index in [0.717, 1.165) is 24.1 Å². The molecule has 1 aromatic carbocycles. The number of aromatic nitrogens is 1. The maximum Gasteiger partial charge on any atom is 0.152 e. The van der Waals surface area contributed by atoms with Crippen LogP contribution in [0.15, 0.2) is 43.4 Å². The predicted octanol–water partition coefficient (Wildman–Crippen LogP) is 2.72. The van der Waals surface area contributed by atoms with Gasteiger partial charge in [0.25, 0.3) is 0 Å². The number of rotatable bonds is 8. The minimum absolute atomic E-state index is 0.109. The van der Waals surface area contributed by atoms with Crippen molar-refractivity contribution in [3.8, 4) is 0 Å². The van der Waals surface area contributed by atoms with E-state index < -0.39 is 5.82 Å². The third kappa shape index (κ3) is 6.73. The van der Waals surface area contributed by atoms with Crippen LogP contribution in [0.25, 0.3) is 12.7 Å². The third-order valence-corrected chi connectivity index (χ3v) is 4.08.